The molecule has 0 bridgehead atoms. The van der Waals surface area contributed by atoms with E-state index in [2.05, 4.69) is 28.3 Å². The Morgan fingerprint density at radius 2 is 1.96 bits per heavy atom. The van der Waals surface area contributed by atoms with Gasteiger partial charge in [-0.2, -0.15) is 0 Å². The van der Waals surface area contributed by atoms with E-state index in [1.807, 2.05) is 49.5 Å². The van der Waals surface area contributed by atoms with Gasteiger partial charge in [-0.15, -0.1) is 22.7 Å². The monoisotopic (exact) mass is 382 g/mol. The smallest absolute Gasteiger partial charge is 0.256 e. The summed E-state index contributed by atoms with van der Waals surface area (Å²) in [6.07, 6.45) is 1.89. The van der Waals surface area contributed by atoms with Crippen molar-refractivity contribution in [3.63, 3.8) is 0 Å². The quantitative estimate of drug-likeness (QED) is 0.746. The zero-order chi connectivity index (χ0) is 18.3. The number of nitrogens with one attached hydrogen (secondary N) is 1. The van der Waals surface area contributed by atoms with Crippen LogP contribution in [-0.4, -0.2) is 30.8 Å². The summed E-state index contributed by atoms with van der Waals surface area (Å²) in [6, 6.07) is 9.67. The van der Waals surface area contributed by atoms with Crippen LogP contribution in [0.2, 0.25) is 0 Å². The average Bonchev–Trinajstić information content (AvgIpc) is 3.32. The zero-order valence-electron chi connectivity index (χ0n) is 14.7. The van der Waals surface area contributed by atoms with Crippen LogP contribution in [0.15, 0.2) is 41.5 Å². The van der Waals surface area contributed by atoms with Gasteiger partial charge in [0, 0.05) is 36.4 Å². The summed E-state index contributed by atoms with van der Waals surface area (Å²) < 4.78 is 0. The van der Waals surface area contributed by atoms with Crippen LogP contribution in [0.4, 0.5) is 5.69 Å². The summed E-state index contributed by atoms with van der Waals surface area (Å²) in [6.45, 7) is 2.66. The van der Waals surface area contributed by atoms with Crippen molar-refractivity contribution in [3.05, 3.63) is 57.4 Å². The van der Waals surface area contributed by atoms with E-state index in [1.54, 1.807) is 22.7 Å². The SMILES string of the molecule is Cc1cnc(-c2cc3c(s2)C(NC(=O)c2ccc(N(C)C)cc2)=NC3)s1. The number of aliphatic imine (C=N–C) groups is 1. The number of aryl methyl sites for hydroxylation is 1. The van der Waals surface area contributed by atoms with Gasteiger partial charge in [-0.05, 0) is 42.8 Å². The molecule has 3 aromatic rings. The number of hydrogen-bond donors (Lipinski definition) is 1. The first kappa shape index (κ1) is 16.9. The van der Waals surface area contributed by atoms with Gasteiger partial charge in [0.25, 0.3) is 5.91 Å². The van der Waals surface area contributed by atoms with Crippen molar-refractivity contribution >= 4 is 40.1 Å². The number of carbonyl (C=O) groups is 1. The number of hydrogen-bond acceptors (Lipinski definition) is 6. The highest BCUT2D eigenvalue weighted by atomic mass is 32.1. The molecule has 4 rings (SSSR count). The summed E-state index contributed by atoms with van der Waals surface area (Å²) in [4.78, 5) is 26.9. The van der Waals surface area contributed by atoms with Crippen molar-refractivity contribution in [3.8, 4) is 9.88 Å². The molecule has 0 radical (unpaired) electrons. The molecule has 0 atom stereocenters. The normalized spacial score (nSPS) is 12.7. The number of amidine groups is 1. The van der Waals surface area contributed by atoms with Gasteiger partial charge in [-0.25, -0.2) is 4.98 Å². The van der Waals surface area contributed by atoms with Crippen LogP contribution in [0.3, 0.4) is 0 Å². The third-order valence-electron chi connectivity index (χ3n) is 4.14. The molecular weight excluding hydrogens is 364 g/mol. The number of benzene rings is 1. The topological polar surface area (TPSA) is 57.6 Å². The van der Waals surface area contributed by atoms with E-state index in [9.17, 15) is 4.79 Å². The highest BCUT2D eigenvalue weighted by Crippen LogP contribution is 2.36. The van der Waals surface area contributed by atoms with E-state index < -0.39 is 0 Å². The largest absolute Gasteiger partial charge is 0.378 e. The summed E-state index contributed by atoms with van der Waals surface area (Å²) in [5.41, 5.74) is 2.83. The van der Waals surface area contributed by atoms with Gasteiger partial charge in [0.1, 0.15) is 10.8 Å². The predicted octanol–water partition coefficient (Wildman–Crippen LogP) is 3.94. The van der Waals surface area contributed by atoms with Crippen LogP contribution in [0.1, 0.15) is 25.7 Å². The molecule has 5 nitrogen and oxygen atoms in total. The van der Waals surface area contributed by atoms with E-state index in [0.29, 0.717) is 17.9 Å². The third kappa shape index (κ3) is 3.15. The number of anilines is 1. The van der Waals surface area contributed by atoms with Gasteiger partial charge in [0.2, 0.25) is 0 Å². The fourth-order valence-electron chi connectivity index (χ4n) is 2.74. The maximum Gasteiger partial charge on any atom is 0.256 e. The molecule has 1 amide bonds. The first-order valence-electron chi connectivity index (χ1n) is 8.20. The van der Waals surface area contributed by atoms with Crippen molar-refractivity contribution in [1.29, 1.82) is 0 Å². The van der Waals surface area contributed by atoms with E-state index in [1.165, 1.54) is 4.88 Å². The number of thiazole rings is 1. The summed E-state index contributed by atoms with van der Waals surface area (Å²) in [5, 5.41) is 3.98. The minimum atomic E-state index is -0.137. The number of nitrogens with zero attached hydrogens (tertiary/aromatic N) is 3. The molecule has 0 aliphatic carbocycles. The Kier molecular flexibility index (Phi) is 4.34. The Hall–Kier alpha value is -2.51. The lowest BCUT2D eigenvalue weighted by Gasteiger charge is -2.12. The summed E-state index contributed by atoms with van der Waals surface area (Å²) >= 11 is 3.32. The molecule has 0 saturated heterocycles. The van der Waals surface area contributed by atoms with Crippen molar-refractivity contribution in [2.75, 3.05) is 19.0 Å². The standard InChI is InChI=1S/C19H18N4OS2/c1-11-9-21-19(25-11)15-8-13-10-20-17(16(13)26-15)22-18(24)12-4-6-14(7-5-12)23(2)3/h4-9H,10H2,1-3H3,(H,20,22,24). The molecule has 26 heavy (non-hydrogen) atoms. The van der Waals surface area contributed by atoms with Gasteiger partial charge in [-0.3, -0.25) is 9.79 Å². The number of carbonyl (C=O) groups excluding carboxylic acids is 1. The van der Waals surface area contributed by atoms with Crippen LogP contribution in [0.25, 0.3) is 9.88 Å². The Morgan fingerprint density at radius 1 is 1.19 bits per heavy atom. The molecule has 0 unspecified atom stereocenters. The molecule has 0 spiro atoms. The molecule has 132 valence electrons. The molecule has 7 heteroatoms. The predicted molar refractivity (Wildman–Crippen MR) is 109 cm³/mol. The average molecular weight is 383 g/mol. The summed E-state index contributed by atoms with van der Waals surface area (Å²) in [7, 11) is 3.95. The molecule has 1 N–H and O–H groups in total. The second kappa shape index (κ2) is 6.66. The lowest BCUT2D eigenvalue weighted by Crippen LogP contribution is -2.29. The number of amides is 1. The molecule has 0 saturated carbocycles. The van der Waals surface area contributed by atoms with Crippen molar-refractivity contribution in [2.45, 2.75) is 13.5 Å². The number of aromatic nitrogens is 1. The highest BCUT2D eigenvalue weighted by Gasteiger charge is 2.23. The van der Waals surface area contributed by atoms with Gasteiger partial charge in [-0.1, -0.05) is 0 Å². The minimum Gasteiger partial charge on any atom is -0.378 e. The van der Waals surface area contributed by atoms with Crippen LogP contribution in [0.5, 0.6) is 0 Å². The number of thiophene rings is 1. The summed E-state index contributed by atoms with van der Waals surface area (Å²) in [5.74, 6) is 0.521. The molecule has 1 aliphatic rings. The Labute approximate surface area is 160 Å². The Balaban J connectivity index is 1.52. The third-order valence-corrected chi connectivity index (χ3v) is 6.41. The van der Waals surface area contributed by atoms with Gasteiger partial charge in [0.15, 0.2) is 0 Å². The van der Waals surface area contributed by atoms with Gasteiger partial charge >= 0.3 is 0 Å². The molecular formula is C19H18N4OS2. The maximum absolute atomic E-state index is 12.6. The lowest BCUT2D eigenvalue weighted by molar-refractivity contribution is 0.0977. The lowest BCUT2D eigenvalue weighted by atomic mass is 10.2. The van der Waals surface area contributed by atoms with Crippen LogP contribution < -0.4 is 10.2 Å². The molecule has 1 aliphatic heterocycles. The van der Waals surface area contributed by atoms with E-state index in [0.717, 1.165) is 26.0 Å². The van der Waals surface area contributed by atoms with Crippen LogP contribution in [0, 0.1) is 6.92 Å². The van der Waals surface area contributed by atoms with Crippen molar-refractivity contribution in [2.24, 2.45) is 4.99 Å². The van der Waals surface area contributed by atoms with E-state index in [-0.39, 0.29) is 5.91 Å². The van der Waals surface area contributed by atoms with Crippen LogP contribution in [-0.2, 0) is 6.54 Å². The number of fused-ring (bicyclic) bond motifs is 1. The highest BCUT2D eigenvalue weighted by molar-refractivity contribution is 7.23. The fourth-order valence-corrected chi connectivity index (χ4v) is 4.70. The molecule has 2 aromatic heterocycles. The molecule has 3 heterocycles. The van der Waals surface area contributed by atoms with E-state index in [4.69, 9.17) is 0 Å². The first-order valence-corrected chi connectivity index (χ1v) is 9.83. The van der Waals surface area contributed by atoms with Crippen molar-refractivity contribution < 1.29 is 4.79 Å². The minimum absolute atomic E-state index is 0.137. The maximum atomic E-state index is 12.6. The second-order valence-corrected chi connectivity index (χ2v) is 8.59. The zero-order valence-corrected chi connectivity index (χ0v) is 16.4. The van der Waals surface area contributed by atoms with Gasteiger partial charge in [0.05, 0.1) is 16.3 Å². The van der Waals surface area contributed by atoms with E-state index >= 15 is 0 Å². The fraction of sp³-hybridized carbons (Fsp3) is 0.211. The Bertz CT molecular complexity index is 999. The number of rotatable bonds is 3. The van der Waals surface area contributed by atoms with Gasteiger partial charge < -0.3 is 10.2 Å². The Morgan fingerprint density at radius 3 is 2.62 bits per heavy atom. The molecule has 0 fully saturated rings. The second-order valence-electron chi connectivity index (χ2n) is 6.30. The molecule has 1 aromatic carbocycles. The van der Waals surface area contributed by atoms with Crippen molar-refractivity contribution in [1.82, 2.24) is 10.3 Å². The van der Waals surface area contributed by atoms with Crippen LogP contribution >= 0.6 is 22.7 Å². The first-order chi connectivity index (χ1) is 12.5.